The fraction of sp³-hybridized carbons (Fsp3) is 0.500. The molecule has 21 heavy (non-hydrogen) atoms. The van der Waals surface area contributed by atoms with Crippen LogP contribution in [0.2, 0.25) is 5.02 Å². The standard InChI is InChI=1S/C14H22ClN3O3/c1-4-20-13(21-5-2)10-18(3)17-14(19)16-12-8-6-11(15)7-9-12/h6-9,13H,4-5,10H2,1-3H3,(H2,16,17,19). The van der Waals surface area contributed by atoms with Crippen molar-refractivity contribution >= 4 is 23.3 Å². The van der Waals surface area contributed by atoms with Gasteiger partial charge in [-0.05, 0) is 38.1 Å². The molecule has 0 bridgehead atoms. The zero-order valence-corrected chi connectivity index (χ0v) is 13.3. The number of urea groups is 1. The molecule has 1 aromatic rings. The van der Waals surface area contributed by atoms with Gasteiger partial charge in [0.1, 0.15) is 0 Å². The SMILES string of the molecule is CCOC(CN(C)NC(=O)Nc1ccc(Cl)cc1)OCC. The number of likely N-dealkylation sites (N-methyl/N-ethyl adjacent to an activating group) is 1. The van der Waals surface area contributed by atoms with E-state index in [2.05, 4.69) is 10.7 Å². The minimum atomic E-state index is -0.374. The van der Waals surface area contributed by atoms with Gasteiger partial charge in [0.25, 0.3) is 0 Å². The quantitative estimate of drug-likeness (QED) is 0.572. The highest BCUT2D eigenvalue weighted by molar-refractivity contribution is 6.30. The third-order valence-corrected chi connectivity index (χ3v) is 2.77. The van der Waals surface area contributed by atoms with E-state index in [1.807, 2.05) is 13.8 Å². The third-order valence-electron chi connectivity index (χ3n) is 2.52. The van der Waals surface area contributed by atoms with Crippen LogP contribution < -0.4 is 10.7 Å². The number of benzene rings is 1. The highest BCUT2D eigenvalue weighted by Gasteiger charge is 2.13. The molecule has 0 heterocycles. The number of amides is 2. The Morgan fingerprint density at radius 1 is 1.24 bits per heavy atom. The van der Waals surface area contributed by atoms with Crippen LogP contribution in [0.3, 0.4) is 0 Å². The van der Waals surface area contributed by atoms with Crippen molar-refractivity contribution < 1.29 is 14.3 Å². The number of rotatable bonds is 8. The molecule has 0 unspecified atom stereocenters. The van der Waals surface area contributed by atoms with Crippen molar-refractivity contribution in [1.29, 1.82) is 0 Å². The van der Waals surface area contributed by atoms with E-state index < -0.39 is 0 Å². The lowest BCUT2D eigenvalue weighted by atomic mass is 10.3. The second-order valence-electron chi connectivity index (χ2n) is 4.29. The van der Waals surface area contributed by atoms with Gasteiger partial charge in [-0.25, -0.2) is 9.80 Å². The molecule has 0 spiro atoms. The van der Waals surface area contributed by atoms with Gasteiger partial charge in [-0.2, -0.15) is 0 Å². The van der Waals surface area contributed by atoms with Gasteiger partial charge in [-0.1, -0.05) is 11.6 Å². The van der Waals surface area contributed by atoms with E-state index >= 15 is 0 Å². The highest BCUT2D eigenvalue weighted by atomic mass is 35.5. The summed E-state index contributed by atoms with van der Waals surface area (Å²) in [6.07, 6.45) is -0.374. The lowest BCUT2D eigenvalue weighted by Crippen LogP contribution is -2.46. The van der Waals surface area contributed by atoms with Crippen molar-refractivity contribution in [2.45, 2.75) is 20.1 Å². The molecule has 2 N–H and O–H groups in total. The average Bonchev–Trinajstić information content (AvgIpc) is 2.41. The zero-order chi connectivity index (χ0) is 15.7. The molecule has 7 heteroatoms. The van der Waals surface area contributed by atoms with Gasteiger partial charge in [0.15, 0.2) is 6.29 Å². The molecule has 0 fully saturated rings. The molecule has 0 aliphatic carbocycles. The number of carbonyl (C=O) groups is 1. The number of ether oxygens (including phenoxy) is 2. The first kappa shape index (κ1) is 17.7. The van der Waals surface area contributed by atoms with E-state index in [9.17, 15) is 4.79 Å². The first-order valence-corrected chi connectivity index (χ1v) is 7.20. The molecule has 118 valence electrons. The fourth-order valence-corrected chi connectivity index (χ4v) is 1.79. The maximum absolute atomic E-state index is 11.8. The number of nitrogens with one attached hydrogen (secondary N) is 2. The predicted molar refractivity (Wildman–Crippen MR) is 83.3 cm³/mol. The Morgan fingerprint density at radius 2 is 1.81 bits per heavy atom. The van der Waals surface area contributed by atoms with Gasteiger partial charge in [-0.15, -0.1) is 0 Å². The Morgan fingerprint density at radius 3 is 2.33 bits per heavy atom. The number of anilines is 1. The highest BCUT2D eigenvalue weighted by Crippen LogP contribution is 2.13. The summed E-state index contributed by atoms with van der Waals surface area (Å²) in [6.45, 7) is 5.32. The van der Waals surface area contributed by atoms with Gasteiger partial charge in [-0.3, -0.25) is 5.43 Å². The van der Waals surface area contributed by atoms with Crippen LogP contribution in [-0.2, 0) is 9.47 Å². The van der Waals surface area contributed by atoms with Crippen molar-refractivity contribution in [2.75, 3.05) is 32.1 Å². The number of carbonyl (C=O) groups excluding carboxylic acids is 1. The first-order valence-electron chi connectivity index (χ1n) is 6.82. The summed E-state index contributed by atoms with van der Waals surface area (Å²) in [6, 6.07) is 6.53. The van der Waals surface area contributed by atoms with Crippen molar-refractivity contribution in [3.8, 4) is 0 Å². The van der Waals surface area contributed by atoms with Crippen LogP contribution in [0.5, 0.6) is 0 Å². The third kappa shape index (κ3) is 7.29. The van der Waals surface area contributed by atoms with E-state index in [-0.39, 0.29) is 12.3 Å². The van der Waals surface area contributed by atoms with E-state index in [0.717, 1.165) is 0 Å². The van der Waals surface area contributed by atoms with Crippen LogP contribution in [0.4, 0.5) is 10.5 Å². The lowest BCUT2D eigenvalue weighted by Gasteiger charge is -2.24. The van der Waals surface area contributed by atoms with Gasteiger partial charge in [0.05, 0.1) is 6.54 Å². The van der Waals surface area contributed by atoms with Crippen LogP contribution in [0, 0.1) is 0 Å². The summed E-state index contributed by atoms with van der Waals surface area (Å²) in [5, 5.41) is 4.94. The normalized spacial score (nSPS) is 11.0. The Labute approximate surface area is 130 Å². The zero-order valence-electron chi connectivity index (χ0n) is 12.6. The van der Waals surface area contributed by atoms with Gasteiger partial charge < -0.3 is 14.8 Å². The second-order valence-corrected chi connectivity index (χ2v) is 4.73. The molecule has 0 radical (unpaired) electrons. The maximum Gasteiger partial charge on any atom is 0.333 e. The van der Waals surface area contributed by atoms with E-state index in [4.69, 9.17) is 21.1 Å². The smallest absolute Gasteiger partial charge is 0.333 e. The molecule has 0 aliphatic rings. The first-order chi connectivity index (χ1) is 10.0. The van der Waals surface area contributed by atoms with E-state index in [1.165, 1.54) is 0 Å². The summed E-state index contributed by atoms with van der Waals surface area (Å²) in [5.74, 6) is 0. The van der Waals surface area contributed by atoms with Crippen molar-refractivity contribution in [2.24, 2.45) is 0 Å². The van der Waals surface area contributed by atoms with Crippen molar-refractivity contribution in [1.82, 2.24) is 10.4 Å². The van der Waals surface area contributed by atoms with Crippen LogP contribution in [0.25, 0.3) is 0 Å². The van der Waals surface area contributed by atoms with Gasteiger partial charge in [0, 0.05) is 31.0 Å². The number of hydrazine groups is 1. The van der Waals surface area contributed by atoms with Crippen LogP contribution in [0.15, 0.2) is 24.3 Å². The molecule has 2 amide bonds. The molecule has 0 saturated heterocycles. The molecule has 0 saturated carbocycles. The lowest BCUT2D eigenvalue weighted by molar-refractivity contribution is -0.147. The molecule has 6 nitrogen and oxygen atoms in total. The molecule has 0 atom stereocenters. The number of hydrogen-bond donors (Lipinski definition) is 2. The minimum Gasteiger partial charge on any atom is -0.351 e. The maximum atomic E-state index is 11.8. The van der Waals surface area contributed by atoms with Crippen LogP contribution in [0.1, 0.15) is 13.8 Å². The second kappa shape index (κ2) is 9.57. The summed E-state index contributed by atoms with van der Waals surface area (Å²) in [7, 11) is 1.74. The monoisotopic (exact) mass is 315 g/mol. The predicted octanol–water partition coefficient (Wildman–Crippen LogP) is 2.71. The van der Waals surface area contributed by atoms with Crippen LogP contribution >= 0.6 is 11.6 Å². The molecular weight excluding hydrogens is 294 g/mol. The fourth-order valence-electron chi connectivity index (χ4n) is 1.66. The van der Waals surface area contributed by atoms with Crippen molar-refractivity contribution in [3.63, 3.8) is 0 Å². The van der Waals surface area contributed by atoms with Gasteiger partial charge in [0.2, 0.25) is 0 Å². The van der Waals surface area contributed by atoms with Crippen molar-refractivity contribution in [3.05, 3.63) is 29.3 Å². The van der Waals surface area contributed by atoms with Crippen LogP contribution in [-0.4, -0.2) is 44.1 Å². The van der Waals surface area contributed by atoms with Gasteiger partial charge >= 0.3 is 6.03 Å². The Hall–Kier alpha value is -1.34. The van der Waals surface area contributed by atoms with E-state index in [0.29, 0.717) is 30.5 Å². The molecular formula is C14H22ClN3O3. The minimum absolute atomic E-state index is 0.341. The van der Waals surface area contributed by atoms with E-state index in [1.54, 1.807) is 36.3 Å². The molecule has 0 aliphatic heterocycles. The molecule has 0 aromatic heterocycles. The number of hydrogen-bond acceptors (Lipinski definition) is 4. The topological polar surface area (TPSA) is 62.8 Å². The summed E-state index contributed by atoms with van der Waals surface area (Å²) < 4.78 is 10.8. The summed E-state index contributed by atoms with van der Waals surface area (Å²) >= 11 is 5.78. The summed E-state index contributed by atoms with van der Waals surface area (Å²) in [5.41, 5.74) is 3.34. The Bertz CT molecular complexity index is 422. The summed E-state index contributed by atoms with van der Waals surface area (Å²) in [4.78, 5) is 11.8. The average molecular weight is 316 g/mol. The molecule has 1 aromatic carbocycles. The largest absolute Gasteiger partial charge is 0.351 e. The number of halogens is 1. The number of nitrogens with zero attached hydrogens (tertiary/aromatic N) is 1. The molecule has 1 rings (SSSR count). The Kier molecular flexibility index (Phi) is 8.07. The Balaban J connectivity index is 2.40.